The van der Waals surface area contributed by atoms with Crippen LogP contribution in [0.15, 0.2) is 102 Å². The van der Waals surface area contributed by atoms with E-state index in [1.165, 1.54) is 33.7 Å². The minimum absolute atomic E-state index is 0.329. The molecule has 0 spiro atoms. The second kappa shape index (κ2) is 11.4. The molecule has 1 aliphatic carbocycles. The van der Waals surface area contributed by atoms with E-state index in [-0.39, 0.29) is 0 Å². The molecule has 158 valence electrons. The molecule has 0 bridgehead atoms. The van der Waals surface area contributed by atoms with Gasteiger partial charge in [0, 0.05) is 11.4 Å². The van der Waals surface area contributed by atoms with E-state index in [1.807, 2.05) is 12.2 Å². The Morgan fingerprint density at radius 2 is 1.73 bits per heavy atom. The molecule has 0 heterocycles. The van der Waals surface area contributed by atoms with Crippen molar-refractivity contribution < 1.29 is 0 Å². The van der Waals surface area contributed by atoms with E-state index >= 15 is 0 Å². The van der Waals surface area contributed by atoms with Crippen molar-refractivity contribution in [3.63, 3.8) is 0 Å². The number of allylic oxidation sites excluding steroid dienone is 11. The lowest BCUT2D eigenvalue weighted by atomic mass is 10.00. The fourth-order valence-corrected chi connectivity index (χ4v) is 3.35. The first-order valence-electron chi connectivity index (χ1n) is 10.9. The van der Waals surface area contributed by atoms with E-state index in [0.29, 0.717) is 12.0 Å². The second-order valence-electron chi connectivity index (χ2n) is 8.37. The molecule has 0 amide bonds. The molecule has 1 nitrogen and oxygen atoms in total. The molecule has 0 radical (unpaired) electrons. The van der Waals surface area contributed by atoms with Crippen molar-refractivity contribution in [2.24, 2.45) is 5.92 Å². The molecule has 1 aliphatic rings. The maximum absolute atomic E-state index is 3.72. The van der Waals surface area contributed by atoms with Crippen molar-refractivity contribution in [3.05, 3.63) is 108 Å². The number of anilines is 1. The molecular formula is C29H37N. The molecule has 1 atom stereocenters. The monoisotopic (exact) mass is 399 g/mol. The van der Waals surface area contributed by atoms with E-state index in [9.17, 15) is 0 Å². The van der Waals surface area contributed by atoms with Gasteiger partial charge in [-0.2, -0.15) is 0 Å². The lowest BCUT2D eigenvalue weighted by Crippen LogP contribution is -2.33. The first kappa shape index (κ1) is 23.5. The van der Waals surface area contributed by atoms with Crippen LogP contribution < -0.4 is 4.90 Å². The Morgan fingerprint density at radius 1 is 1.03 bits per heavy atom. The van der Waals surface area contributed by atoms with Crippen LogP contribution >= 0.6 is 0 Å². The topological polar surface area (TPSA) is 3.24 Å². The van der Waals surface area contributed by atoms with Crippen molar-refractivity contribution in [1.29, 1.82) is 0 Å². The molecule has 0 aromatic heterocycles. The Labute approximate surface area is 184 Å². The highest BCUT2D eigenvalue weighted by molar-refractivity contribution is 5.68. The van der Waals surface area contributed by atoms with Crippen LogP contribution in [0.2, 0.25) is 0 Å². The first-order chi connectivity index (χ1) is 14.3. The van der Waals surface area contributed by atoms with Crippen LogP contribution in [0.25, 0.3) is 5.57 Å². The van der Waals surface area contributed by atoms with Crippen LogP contribution in [-0.4, -0.2) is 6.04 Å². The fourth-order valence-electron chi connectivity index (χ4n) is 3.35. The molecular weight excluding hydrogens is 362 g/mol. The van der Waals surface area contributed by atoms with Gasteiger partial charge in [-0.15, -0.1) is 0 Å². The molecule has 0 saturated heterocycles. The summed E-state index contributed by atoms with van der Waals surface area (Å²) in [4.78, 5) is 2.45. The normalized spacial score (nSPS) is 18.2. The van der Waals surface area contributed by atoms with Crippen LogP contribution in [0.3, 0.4) is 0 Å². The van der Waals surface area contributed by atoms with E-state index < -0.39 is 0 Å². The maximum Gasteiger partial charge on any atom is 0.0556 e. The zero-order chi connectivity index (χ0) is 22.1. The summed E-state index contributed by atoms with van der Waals surface area (Å²) in [5.74, 6) is 0.562. The summed E-state index contributed by atoms with van der Waals surface area (Å²) in [6.07, 6.45) is 20.3. The lowest BCUT2D eigenvalue weighted by Gasteiger charge is -2.33. The predicted octanol–water partition coefficient (Wildman–Crippen LogP) is 8.42. The van der Waals surface area contributed by atoms with Crippen molar-refractivity contribution in [2.45, 2.75) is 54.0 Å². The van der Waals surface area contributed by atoms with Crippen molar-refractivity contribution in [2.75, 3.05) is 4.90 Å². The van der Waals surface area contributed by atoms with Gasteiger partial charge in [0.1, 0.15) is 0 Å². The van der Waals surface area contributed by atoms with Crippen LogP contribution in [0.5, 0.6) is 0 Å². The number of nitrogens with zero attached hydrogens (tertiary/aromatic N) is 1. The number of benzene rings is 1. The van der Waals surface area contributed by atoms with Gasteiger partial charge in [0.05, 0.1) is 6.04 Å². The predicted molar refractivity (Wildman–Crippen MR) is 136 cm³/mol. The highest BCUT2D eigenvalue weighted by atomic mass is 15.2. The Kier molecular flexibility index (Phi) is 8.92. The standard InChI is InChI=1S/C29H37N/c1-8-9-10-11-25(6)27-16-20-29(21-17-27)30(28-18-12-23(4)13-19-28)26(7)15-14-24(5)22(2)3/h8-18,20-22,28H,1,19H2,2-7H3. The fraction of sp³-hybridized carbons (Fsp3) is 0.310. The molecule has 1 aromatic carbocycles. The third kappa shape index (κ3) is 6.62. The van der Waals surface area contributed by atoms with Crippen LogP contribution in [-0.2, 0) is 0 Å². The highest BCUT2D eigenvalue weighted by Crippen LogP contribution is 2.29. The lowest BCUT2D eigenvalue weighted by molar-refractivity contribution is 0.746. The van der Waals surface area contributed by atoms with Gasteiger partial charge in [0.15, 0.2) is 0 Å². The molecule has 0 fully saturated rings. The quantitative estimate of drug-likeness (QED) is 0.396. The first-order valence-corrected chi connectivity index (χ1v) is 10.9. The SMILES string of the molecule is C=CC=CC=C(C)c1ccc(N(C(C)=CC=C(C)C(C)C)C2C=CC(C)=CC2)cc1. The van der Waals surface area contributed by atoms with Gasteiger partial charge < -0.3 is 4.90 Å². The van der Waals surface area contributed by atoms with E-state index in [2.05, 4.69) is 114 Å². The van der Waals surface area contributed by atoms with Gasteiger partial charge in [-0.1, -0.05) is 92.3 Å². The smallest absolute Gasteiger partial charge is 0.0556 e. The van der Waals surface area contributed by atoms with Crippen LogP contribution in [0.4, 0.5) is 5.69 Å². The van der Waals surface area contributed by atoms with Crippen molar-refractivity contribution >= 4 is 11.3 Å². The third-order valence-corrected chi connectivity index (χ3v) is 5.67. The molecule has 1 aromatic rings. The van der Waals surface area contributed by atoms with Gasteiger partial charge in [-0.3, -0.25) is 0 Å². The van der Waals surface area contributed by atoms with E-state index in [0.717, 1.165) is 6.42 Å². The Balaban J connectivity index is 2.37. The Hall–Kier alpha value is -2.80. The summed E-state index contributed by atoms with van der Waals surface area (Å²) in [6, 6.07) is 9.23. The molecule has 1 heteroatoms. The largest absolute Gasteiger partial charge is 0.338 e. The zero-order valence-corrected chi connectivity index (χ0v) is 19.5. The Bertz CT molecular complexity index is 898. The summed E-state index contributed by atoms with van der Waals surface area (Å²) >= 11 is 0. The summed E-state index contributed by atoms with van der Waals surface area (Å²) in [6.45, 7) is 16.9. The molecule has 0 N–H and O–H groups in total. The molecule has 0 saturated carbocycles. The Morgan fingerprint density at radius 3 is 2.30 bits per heavy atom. The molecule has 1 unspecified atom stereocenters. The summed E-state index contributed by atoms with van der Waals surface area (Å²) in [7, 11) is 0. The van der Waals surface area contributed by atoms with E-state index in [1.54, 1.807) is 6.08 Å². The summed E-state index contributed by atoms with van der Waals surface area (Å²) in [5, 5.41) is 0. The minimum atomic E-state index is 0.329. The molecule has 30 heavy (non-hydrogen) atoms. The number of rotatable bonds is 8. The highest BCUT2D eigenvalue weighted by Gasteiger charge is 2.19. The van der Waals surface area contributed by atoms with Gasteiger partial charge in [-0.25, -0.2) is 0 Å². The second-order valence-corrected chi connectivity index (χ2v) is 8.37. The van der Waals surface area contributed by atoms with Gasteiger partial charge in [0.2, 0.25) is 0 Å². The van der Waals surface area contributed by atoms with Crippen molar-refractivity contribution in [3.8, 4) is 0 Å². The number of hydrogen-bond acceptors (Lipinski definition) is 1. The van der Waals surface area contributed by atoms with Crippen LogP contribution in [0.1, 0.15) is 53.5 Å². The van der Waals surface area contributed by atoms with Gasteiger partial charge >= 0.3 is 0 Å². The minimum Gasteiger partial charge on any atom is -0.338 e. The van der Waals surface area contributed by atoms with Gasteiger partial charge in [-0.05, 0) is 69.4 Å². The molecule has 2 rings (SSSR count). The van der Waals surface area contributed by atoms with Crippen molar-refractivity contribution in [1.82, 2.24) is 0 Å². The van der Waals surface area contributed by atoms with Gasteiger partial charge in [0.25, 0.3) is 0 Å². The average Bonchev–Trinajstić information content (AvgIpc) is 2.74. The molecule has 0 aliphatic heterocycles. The zero-order valence-electron chi connectivity index (χ0n) is 19.5. The maximum atomic E-state index is 3.72. The average molecular weight is 400 g/mol. The van der Waals surface area contributed by atoms with E-state index in [4.69, 9.17) is 0 Å². The van der Waals surface area contributed by atoms with Crippen LogP contribution in [0, 0.1) is 5.92 Å². The summed E-state index contributed by atoms with van der Waals surface area (Å²) in [5.41, 5.74) is 7.69. The third-order valence-electron chi connectivity index (χ3n) is 5.67. The summed E-state index contributed by atoms with van der Waals surface area (Å²) < 4.78 is 0. The number of hydrogen-bond donors (Lipinski definition) is 0.